The van der Waals surface area contributed by atoms with Gasteiger partial charge in [-0.15, -0.1) is 0 Å². The third-order valence-corrected chi connectivity index (χ3v) is 5.72. The number of carbonyl (C=O) groups excluding carboxylic acids is 1. The number of imidazole rings is 1. The van der Waals surface area contributed by atoms with Crippen LogP contribution in [0, 0.1) is 0 Å². The Kier molecular flexibility index (Phi) is 5.18. The van der Waals surface area contributed by atoms with Crippen LogP contribution in [-0.4, -0.2) is 39.6 Å². The molecule has 5 rings (SSSR count). The van der Waals surface area contributed by atoms with Gasteiger partial charge in [-0.05, 0) is 47.5 Å². The Balaban J connectivity index is 1.41. The van der Waals surface area contributed by atoms with Gasteiger partial charge in [0.1, 0.15) is 16.9 Å². The van der Waals surface area contributed by atoms with E-state index in [2.05, 4.69) is 32.7 Å². The molecule has 3 heterocycles. The lowest BCUT2D eigenvalue weighted by molar-refractivity contribution is 0.0951. The summed E-state index contributed by atoms with van der Waals surface area (Å²) in [7, 11) is 5.42. The first-order chi connectivity index (χ1) is 16.1. The Bertz CT molecular complexity index is 1470. The number of pyridine rings is 1. The van der Waals surface area contributed by atoms with Crippen LogP contribution in [0.2, 0.25) is 0 Å². The maximum Gasteiger partial charge on any atom is 0.251 e. The molecule has 0 aliphatic rings. The maximum atomic E-state index is 12.5. The van der Waals surface area contributed by atoms with E-state index in [0.717, 1.165) is 50.5 Å². The topological polar surface area (TPSA) is 96.9 Å². The van der Waals surface area contributed by atoms with Gasteiger partial charge in [0.25, 0.3) is 5.91 Å². The van der Waals surface area contributed by atoms with Gasteiger partial charge in [-0.25, -0.2) is 9.97 Å². The average Bonchev–Trinajstić information content (AvgIpc) is 3.45. The third kappa shape index (κ3) is 3.76. The van der Waals surface area contributed by atoms with E-state index >= 15 is 0 Å². The molecule has 5 aromatic rings. The van der Waals surface area contributed by atoms with Crippen molar-refractivity contribution >= 4 is 33.8 Å². The summed E-state index contributed by atoms with van der Waals surface area (Å²) >= 11 is 0. The molecule has 0 fully saturated rings. The number of carbonyl (C=O) groups is 1. The molecule has 0 aliphatic carbocycles. The minimum absolute atomic E-state index is 0.129. The molecule has 3 N–H and O–H groups in total. The summed E-state index contributed by atoms with van der Waals surface area (Å²) in [5, 5.41) is 7.12. The predicted octanol–water partition coefficient (Wildman–Crippen LogP) is 4.10. The van der Waals surface area contributed by atoms with Crippen molar-refractivity contribution in [2.24, 2.45) is 7.05 Å². The number of methoxy groups -OCH3 is 1. The number of aromatic nitrogens is 4. The standard InChI is InChI=1S/C25H24N6O2/c1-26-24-21-22(31(2)14-28-21)19-12-20(29-23(19)30-24)17-6-4-5-15(11-17)13-27-25(32)16-7-9-18(33-3)10-8-16/h4-12,14H,13H2,1-3H3,(H,27,32)(H2,26,29,30). The lowest BCUT2D eigenvalue weighted by Gasteiger charge is -2.08. The molecule has 3 aromatic heterocycles. The van der Waals surface area contributed by atoms with Crippen molar-refractivity contribution in [1.29, 1.82) is 0 Å². The van der Waals surface area contributed by atoms with Gasteiger partial charge in [0.05, 0.1) is 19.0 Å². The summed E-state index contributed by atoms with van der Waals surface area (Å²) in [6.45, 7) is 0.424. The molecule has 0 spiro atoms. The van der Waals surface area contributed by atoms with Crippen molar-refractivity contribution in [3.8, 4) is 17.0 Å². The minimum Gasteiger partial charge on any atom is -0.497 e. The molecule has 0 radical (unpaired) electrons. The van der Waals surface area contributed by atoms with Gasteiger partial charge in [-0.2, -0.15) is 0 Å². The van der Waals surface area contributed by atoms with Crippen molar-refractivity contribution in [1.82, 2.24) is 24.8 Å². The van der Waals surface area contributed by atoms with Gasteiger partial charge in [0, 0.05) is 37.3 Å². The first kappa shape index (κ1) is 20.6. The summed E-state index contributed by atoms with van der Waals surface area (Å²) in [6.07, 6.45) is 1.80. The number of nitrogens with zero attached hydrogens (tertiary/aromatic N) is 3. The fraction of sp³-hybridized carbons (Fsp3) is 0.160. The molecule has 0 aliphatic heterocycles. The monoisotopic (exact) mass is 440 g/mol. The van der Waals surface area contributed by atoms with Crippen LogP contribution in [0.4, 0.5) is 5.82 Å². The number of anilines is 1. The van der Waals surface area contributed by atoms with Crippen molar-refractivity contribution in [3.05, 3.63) is 72.1 Å². The number of rotatable bonds is 6. The second-order valence-electron chi connectivity index (χ2n) is 7.82. The number of aryl methyl sites for hydroxylation is 1. The number of hydrogen-bond donors (Lipinski definition) is 3. The smallest absolute Gasteiger partial charge is 0.251 e. The van der Waals surface area contributed by atoms with E-state index in [1.807, 2.05) is 36.9 Å². The number of hydrogen-bond acceptors (Lipinski definition) is 5. The second kappa shape index (κ2) is 8.31. The van der Waals surface area contributed by atoms with Crippen molar-refractivity contribution < 1.29 is 9.53 Å². The Morgan fingerprint density at radius 1 is 1.15 bits per heavy atom. The first-order valence-electron chi connectivity index (χ1n) is 10.6. The van der Waals surface area contributed by atoms with E-state index in [-0.39, 0.29) is 5.91 Å². The highest BCUT2D eigenvalue weighted by atomic mass is 16.5. The zero-order valence-corrected chi connectivity index (χ0v) is 18.6. The van der Waals surface area contributed by atoms with Crippen LogP contribution >= 0.6 is 0 Å². The largest absolute Gasteiger partial charge is 0.497 e. The number of amides is 1. The highest BCUT2D eigenvalue weighted by Gasteiger charge is 2.15. The van der Waals surface area contributed by atoms with E-state index in [1.165, 1.54) is 0 Å². The van der Waals surface area contributed by atoms with E-state index in [4.69, 9.17) is 9.72 Å². The number of ether oxygens (including phenoxy) is 1. The number of benzene rings is 2. The lowest BCUT2D eigenvalue weighted by Crippen LogP contribution is -2.22. The molecule has 8 nitrogen and oxygen atoms in total. The minimum atomic E-state index is -0.129. The molecule has 1 amide bonds. The van der Waals surface area contributed by atoms with E-state index in [9.17, 15) is 4.79 Å². The van der Waals surface area contributed by atoms with Gasteiger partial charge in [0.2, 0.25) is 0 Å². The molecule has 0 bridgehead atoms. The van der Waals surface area contributed by atoms with Crippen molar-refractivity contribution in [2.45, 2.75) is 6.54 Å². The van der Waals surface area contributed by atoms with Crippen LogP contribution in [0.5, 0.6) is 5.75 Å². The maximum absolute atomic E-state index is 12.5. The highest BCUT2D eigenvalue weighted by molar-refractivity contribution is 6.07. The van der Waals surface area contributed by atoms with Gasteiger partial charge in [-0.1, -0.05) is 18.2 Å². The fourth-order valence-corrected chi connectivity index (χ4v) is 4.00. The van der Waals surface area contributed by atoms with Gasteiger partial charge in [0.15, 0.2) is 5.82 Å². The first-order valence-corrected chi connectivity index (χ1v) is 10.6. The summed E-state index contributed by atoms with van der Waals surface area (Å²) in [5.74, 6) is 1.33. The Hall–Kier alpha value is -4.33. The van der Waals surface area contributed by atoms with Gasteiger partial charge in [-0.3, -0.25) is 4.79 Å². The molecule has 166 valence electrons. The number of fused-ring (bicyclic) bond motifs is 3. The zero-order valence-electron chi connectivity index (χ0n) is 18.6. The average molecular weight is 441 g/mol. The molecular weight excluding hydrogens is 416 g/mol. The van der Waals surface area contributed by atoms with Crippen LogP contribution in [0.15, 0.2) is 60.9 Å². The Labute approximate surface area is 190 Å². The van der Waals surface area contributed by atoms with E-state index < -0.39 is 0 Å². The van der Waals surface area contributed by atoms with E-state index in [0.29, 0.717) is 12.1 Å². The third-order valence-electron chi connectivity index (χ3n) is 5.72. The highest BCUT2D eigenvalue weighted by Crippen LogP contribution is 2.31. The van der Waals surface area contributed by atoms with Crippen LogP contribution < -0.4 is 15.4 Å². The second-order valence-corrected chi connectivity index (χ2v) is 7.82. The molecule has 0 saturated carbocycles. The quantitative estimate of drug-likeness (QED) is 0.369. The number of nitrogens with one attached hydrogen (secondary N) is 3. The van der Waals surface area contributed by atoms with Crippen LogP contribution in [0.25, 0.3) is 33.3 Å². The molecule has 0 atom stereocenters. The predicted molar refractivity (Wildman–Crippen MR) is 130 cm³/mol. The van der Waals surface area contributed by atoms with Crippen LogP contribution in [-0.2, 0) is 13.6 Å². The normalized spacial score (nSPS) is 11.1. The van der Waals surface area contributed by atoms with Crippen LogP contribution in [0.3, 0.4) is 0 Å². The molecule has 2 aromatic carbocycles. The number of H-pyrrole nitrogens is 1. The molecule has 8 heteroatoms. The SMILES string of the molecule is CNc1nc2[nH]c(-c3cccc(CNC(=O)c4ccc(OC)cc4)c3)cc2c2c1ncn2C. The van der Waals surface area contributed by atoms with Crippen LogP contribution in [0.1, 0.15) is 15.9 Å². The Morgan fingerprint density at radius 2 is 1.97 bits per heavy atom. The Morgan fingerprint density at radius 3 is 2.73 bits per heavy atom. The van der Waals surface area contributed by atoms with Gasteiger partial charge >= 0.3 is 0 Å². The zero-order chi connectivity index (χ0) is 22.9. The number of aromatic amines is 1. The lowest BCUT2D eigenvalue weighted by atomic mass is 10.1. The summed E-state index contributed by atoms with van der Waals surface area (Å²) in [4.78, 5) is 25.1. The van der Waals surface area contributed by atoms with E-state index in [1.54, 1.807) is 37.7 Å². The molecule has 0 unspecified atom stereocenters. The van der Waals surface area contributed by atoms with Crippen molar-refractivity contribution in [3.63, 3.8) is 0 Å². The van der Waals surface area contributed by atoms with Crippen molar-refractivity contribution in [2.75, 3.05) is 19.5 Å². The summed E-state index contributed by atoms with van der Waals surface area (Å²) in [6, 6.07) is 17.2. The fourth-order valence-electron chi connectivity index (χ4n) is 4.00. The summed E-state index contributed by atoms with van der Waals surface area (Å²) < 4.78 is 7.15. The van der Waals surface area contributed by atoms with Gasteiger partial charge < -0.3 is 24.9 Å². The molecule has 33 heavy (non-hydrogen) atoms. The molecule has 0 saturated heterocycles. The summed E-state index contributed by atoms with van der Waals surface area (Å²) in [5.41, 5.74) is 6.23. The molecular formula is C25H24N6O2.